The van der Waals surface area contributed by atoms with E-state index in [2.05, 4.69) is 22.3 Å². The predicted octanol–water partition coefficient (Wildman–Crippen LogP) is 2.89. The van der Waals surface area contributed by atoms with E-state index in [4.69, 9.17) is 4.52 Å². The van der Waals surface area contributed by atoms with Crippen molar-refractivity contribution in [2.75, 3.05) is 6.54 Å². The van der Waals surface area contributed by atoms with Gasteiger partial charge in [-0.3, -0.25) is 4.79 Å². The Labute approximate surface area is 169 Å². The topological polar surface area (TPSA) is 97.3 Å². The molecule has 0 radical (unpaired) electrons. The largest absolute Gasteiger partial charge is 0.382 e. The Morgan fingerprint density at radius 2 is 1.93 bits per heavy atom. The smallest absolute Gasteiger partial charge is 0.256 e. The molecule has 3 aromatic rings. The van der Waals surface area contributed by atoms with Gasteiger partial charge >= 0.3 is 0 Å². The molecule has 1 saturated heterocycles. The van der Waals surface area contributed by atoms with Crippen molar-refractivity contribution in [1.82, 2.24) is 25.1 Å². The van der Waals surface area contributed by atoms with Crippen molar-refractivity contribution in [2.45, 2.75) is 51.2 Å². The van der Waals surface area contributed by atoms with Gasteiger partial charge in [-0.2, -0.15) is 15.0 Å². The van der Waals surface area contributed by atoms with Crippen molar-refractivity contribution in [1.29, 1.82) is 0 Å². The predicted molar refractivity (Wildman–Crippen MR) is 106 cm³/mol. The molecule has 0 spiro atoms. The van der Waals surface area contributed by atoms with Crippen LogP contribution in [0.4, 0.5) is 0 Å². The van der Waals surface area contributed by atoms with Crippen LogP contribution in [0.3, 0.4) is 0 Å². The normalized spacial score (nSPS) is 20.1. The van der Waals surface area contributed by atoms with Gasteiger partial charge in [0.25, 0.3) is 5.91 Å². The zero-order valence-corrected chi connectivity index (χ0v) is 16.8. The minimum Gasteiger partial charge on any atom is -0.382 e. The molecule has 0 bridgehead atoms. The van der Waals surface area contributed by atoms with Crippen LogP contribution in [0.15, 0.2) is 47.2 Å². The van der Waals surface area contributed by atoms with E-state index < -0.39 is 5.60 Å². The Hall–Kier alpha value is -3.00. The Kier molecular flexibility index (Phi) is 4.96. The first-order valence-electron chi connectivity index (χ1n) is 9.80. The molecule has 152 valence electrons. The number of piperidine rings is 1. The number of aliphatic hydroxyl groups is 1. The second kappa shape index (κ2) is 7.44. The van der Waals surface area contributed by atoms with Gasteiger partial charge in [0.15, 0.2) is 5.76 Å². The highest BCUT2D eigenvalue weighted by molar-refractivity contribution is 5.98. The van der Waals surface area contributed by atoms with Crippen LogP contribution in [-0.4, -0.2) is 48.7 Å². The molecule has 1 aliphatic heterocycles. The van der Waals surface area contributed by atoms with Gasteiger partial charge < -0.3 is 14.5 Å². The Bertz CT molecular complexity index is 990. The van der Waals surface area contributed by atoms with Crippen LogP contribution in [0.1, 0.15) is 61.3 Å². The number of hydrogen-bond donors (Lipinski definition) is 1. The highest BCUT2D eigenvalue weighted by Crippen LogP contribution is 2.33. The summed E-state index contributed by atoms with van der Waals surface area (Å²) in [5.74, 6) is 0.436. The Morgan fingerprint density at radius 3 is 2.62 bits per heavy atom. The fraction of sp³-hybridized carbons (Fsp3) is 0.429. The van der Waals surface area contributed by atoms with Crippen molar-refractivity contribution in [3.05, 3.63) is 59.7 Å². The number of aromatic nitrogens is 4. The molecule has 3 heterocycles. The molecular weight excluding hydrogens is 370 g/mol. The van der Waals surface area contributed by atoms with Crippen molar-refractivity contribution in [3.63, 3.8) is 0 Å². The zero-order chi connectivity index (χ0) is 20.6. The van der Waals surface area contributed by atoms with Gasteiger partial charge in [-0.25, -0.2) is 0 Å². The van der Waals surface area contributed by atoms with Crippen LogP contribution in [0.5, 0.6) is 0 Å². The maximum Gasteiger partial charge on any atom is 0.256 e. The molecule has 1 fully saturated rings. The summed E-state index contributed by atoms with van der Waals surface area (Å²) in [6.07, 6.45) is 4.95. The van der Waals surface area contributed by atoms with Crippen LogP contribution in [0.2, 0.25) is 0 Å². The highest BCUT2D eigenvalue weighted by Gasteiger charge is 2.34. The maximum atomic E-state index is 13.4. The SMILES string of the molecule is C[C@@H]1CC[C@@H](c2cc(C(C)(C)O)on2)CN1C(=O)c1ccccc1-n1nccn1. The number of para-hydroxylation sites is 1. The van der Waals surface area contributed by atoms with E-state index in [1.807, 2.05) is 23.1 Å². The van der Waals surface area contributed by atoms with E-state index in [1.165, 1.54) is 4.80 Å². The fourth-order valence-electron chi connectivity index (χ4n) is 3.72. The lowest BCUT2D eigenvalue weighted by molar-refractivity contribution is 0.0474. The standard InChI is InChI=1S/C21H25N5O3/c1-14-8-9-15(17-12-19(29-24-17)21(2,3)28)13-25(14)20(27)16-6-4-5-7-18(16)26-22-10-11-23-26/h4-7,10-12,14-15,28H,8-9,13H2,1-3H3/t14-,15-/m1/s1. The van der Waals surface area contributed by atoms with Crippen molar-refractivity contribution in [3.8, 4) is 5.69 Å². The minimum absolute atomic E-state index is 0.0543. The van der Waals surface area contributed by atoms with Gasteiger partial charge in [0.2, 0.25) is 0 Å². The maximum absolute atomic E-state index is 13.4. The number of carbonyl (C=O) groups excluding carboxylic acids is 1. The van der Waals surface area contributed by atoms with Gasteiger partial charge in [0, 0.05) is 24.6 Å². The minimum atomic E-state index is -1.08. The van der Waals surface area contributed by atoms with E-state index in [-0.39, 0.29) is 17.9 Å². The van der Waals surface area contributed by atoms with E-state index in [0.29, 0.717) is 23.6 Å². The summed E-state index contributed by atoms with van der Waals surface area (Å²) in [6, 6.07) is 9.26. The van der Waals surface area contributed by atoms with Crippen LogP contribution in [0.25, 0.3) is 5.69 Å². The lowest BCUT2D eigenvalue weighted by atomic mass is 9.89. The van der Waals surface area contributed by atoms with Gasteiger partial charge in [0.05, 0.1) is 29.3 Å². The van der Waals surface area contributed by atoms with E-state index in [0.717, 1.165) is 18.5 Å². The second-order valence-corrected chi connectivity index (χ2v) is 8.09. The first-order chi connectivity index (χ1) is 13.8. The van der Waals surface area contributed by atoms with Crippen LogP contribution in [0, 0.1) is 0 Å². The quantitative estimate of drug-likeness (QED) is 0.730. The van der Waals surface area contributed by atoms with Gasteiger partial charge in [-0.05, 0) is 45.7 Å². The second-order valence-electron chi connectivity index (χ2n) is 8.09. The number of carbonyl (C=O) groups is 1. The summed E-state index contributed by atoms with van der Waals surface area (Å²) in [5.41, 5.74) is 0.906. The summed E-state index contributed by atoms with van der Waals surface area (Å²) in [6.45, 7) is 5.93. The lowest BCUT2D eigenvalue weighted by Gasteiger charge is -2.37. The zero-order valence-electron chi connectivity index (χ0n) is 16.8. The molecule has 29 heavy (non-hydrogen) atoms. The molecule has 1 aliphatic rings. The number of likely N-dealkylation sites (tertiary alicyclic amines) is 1. The van der Waals surface area contributed by atoms with Crippen molar-refractivity contribution >= 4 is 5.91 Å². The third-order valence-corrected chi connectivity index (χ3v) is 5.46. The van der Waals surface area contributed by atoms with E-state index >= 15 is 0 Å². The van der Waals surface area contributed by atoms with Crippen molar-refractivity contribution in [2.24, 2.45) is 0 Å². The van der Waals surface area contributed by atoms with Crippen LogP contribution < -0.4 is 0 Å². The van der Waals surface area contributed by atoms with Gasteiger partial charge in [-0.15, -0.1) is 0 Å². The van der Waals surface area contributed by atoms with Crippen molar-refractivity contribution < 1.29 is 14.4 Å². The first-order valence-corrected chi connectivity index (χ1v) is 9.80. The molecule has 4 rings (SSSR count). The first kappa shape index (κ1) is 19.3. The summed E-state index contributed by atoms with van der Waals surface area (Å²) in [7, 11) is 0. The van der Waals surface area contributed by atoms with E-state index in [1.54, 1.807) is 38.4 Å². The summed E-state index contributed by atoms with van der Waals surface area (Å²) in [4.78, 5) is 16.8. The van der Waals surface area contributed by atoms with Crippen LogP contribution >= 0.6 is 0 Å². The molecule has 2 atom stereocenters. The van der Waals surface area contributed by atoms with E-state index in [9.17, 15) is 9.90 Å². The summed E-state index contributed by atoms with van der Waals surface area (Å²) >= 11 is 0. The molecule has 8 nitrogen and oxygen atoms in total. The third kappa shape index (κ3) is 3.80. The molecular formula is C21H25N5O3. The third-order valence-electron chi connectivity index (χ3n) is 5.46. The number of rotatable bonds is 4. The molecule has 0 unspecified atom stereocenters. The molecule has 1 N–H and O–H groups in total. The summed E-state index contributed by atoms with van der Waals surface area (Å²) < 4.78 is 5.33. The molecule has 8 heteroatoms. The lowest BCUT2D eigenvalue weighted by Crippen LogP contribution is -2.45. The number of amides is 1. The number of nitrogens with zero attached hydrogens (tertiary/aromatic N) is 5. The summed E-state index contributed by atoms with van der Waals surface area (Å²) in [5, 5.41) is 22.6. The number of hydrogen-bond acceptors (Lipinski definition) is 6. The monoisotopic (exact) mass is 395 g/mol. The fourth-order valence-corrected chi connectivity index (χ4v) is 3.72. The van der Waals surface area contributed by atoms with Gasteiger partial charge in [0.1, 0.15) is 5.60 Å². The number of benzene rings is 1. The Morgan fingerprint density at radius 1 is 1.21 bits per heavy atom. The molecule has 1 amide bonds. The molecule has 2 aromatic heterocycles. The molecule has 1 aromatic carbocycles. The highest BCUT2D eigenvalue weighted by atomic mass is 16.5. The average Bonchev–Trinajstić information content (AvgIpc) is 3.40. The average molecular weight is 395 g/mol. The Balaban J connectivity index is 1.60. The van der Waals surface area contributed by atoms with Crippen LogP contribution in [-0.2, 0) is 5.60 Å². The molecule has 0 aliphatic carbocycles. The van der Waals surface area contributed by atoms with Gasteiger partial charge in [-0.1, -0.05) is 17.3 Å². The molecule has 0 saturated carbocycles.